The van der Waals surface area contributed by atoms with E-state index in [2.05, 4.69) is 5.32 Å². The highest BCUT2D eigenvalue weighted by molar-refractivity contribution is 7.21. The van der Waals surface area contributed by atoms with Crippen LogP contribution in [0, 0.1) is 5.82 Å². The number of aromatic nitrogens is 1. The molecule has 0 radical (unpaired) electrons. The summed E-state index contributed by atoms with van der Waals surface area (Å²) in [5.41, 5.74) is 1.33. The van der Waals surface area contributed by atoms with Crippen LogP contribution in [0.2, 0.25) is 0 Å². The average molecular weight is 380 g/mol. The Morgan fingerprint density at radius 3 is 2.37 bits per heavy atom. The largest absolute Gasteiger partial charge is 0.477 e. The van der Waals surface area contributed by atoms with Crippen molar-refractivity contribution in [2.24, 2.45) is 0 Å². The number of rotatable bonds is 4. The number of thiophene rings is 1. The number of para-hydroxylation sites is 1. The van der Waals surface area contributed by atoms with Crippen molar-refractivity contribution in [3.8, 4) is 5.69 Å². The van der Waals surface area contributed by atoms with Gasteiger partial charge in [0.1, 0.15) is 15.5 Å². The second-order valence-electron chi connectivity index (χ2n) is 5.80. The van der Waals surface area contributed by atoms with Crippen molar-refractivity contribution in [1.29, 1.82) is 0 Å². The van der Waals surface area contributed by atoms with Crippen molar-refractivity contribution in [1.82, 2.24) is 4.57 Å². The Kier molecular flexibility index (Phi) is 4.21. The number of hydrogen-bond donors (Lipinski definition) is 2. The van der Waals surface area contributed by atoms with E-state index < -0.39 is 5.97 Å². The number of carbonyl (C=O) groups is 1. The molecule has 4 rings (SSSR count). The third-order valence-electron chi connectivity index (χ3n) is 4.06. The highest BCUT2D eigenvalue weighted by Gasteiger charge is 2.21. The SMILES string of the molecule is O=C(O)c1sc2c(ccc(=O)n2-c2ccccc2)c1Nc1ccc(F)cc1. The van der Waals surface area contributed by atoms with E-state index in [0.29, 0.717) is 27.3 Å². The molecule has 0 spiro atoms. The molecule has 2 N–H and O–H groups in total. The monoisotopic (exact) mass is 380 g/mol. The van der Waals surface area contributed by atoms with E-state index in [9.17, 15) is 19.1 Å². The smallest absolute Gasteiger partial charge is 0.348 e. The maximum atomic E-state index is 13.2. The van der Waals surface area contributed by atoms with Crippen LogP contribution in [0.25, 0.3) is 15.9 Å². The van der Waals surface area contributed by atoms with Gasteiger partial charge in [-0.15, -0.1) is 11.3 Å². The number of hydrogen-bond acceptors (Lipinski definition) is 4. The summed E-state index contributed by atoms with van der Waals surface area (Å²) < 4.78 is 14.6. The van der Waals surface area contributed by atoms with E-state index in [1.807, 2.05) is 18.2 Å². The van der Waals surface area contributed by atoms with Gasteiger partial charge in [-0.05, 0) is 42.5 Å². The van der Waals surface area contributed by atoms with Gasteiger partial charge in [0, 0.05) is 17.1 Å². The van der Waals surface area contributed by atoms with Crippen LogP contribution in [0.15, 0.2) is 71.5 Å². The summed E-state index contributed by atoms with van der Waals surface area (Å²) >= 11 is 1.02. The first-order valence-electron chi connectivity index (χ1n) is 8.04. The van der Waals surface area contributed by atoms with Gasteiger partial charge >= 0.3 is 5.97 Å². The summed E-state index contributed by atoms with van der Waals surface area (Å²) in [6, 6.07) is 17.7. The van der Waals surface area contributed by atoms with Crippen LogP contribution in [0.3, 0.4) is 0 Å². The summed E-state index contributed by atoms with van der Waals surface area (Å²) in [6.45, 7) is 0. The maximum absolute atomic E-state index is 13.2. The van der Waals surface area contributed by atoms with Crippen LogP contribution in [-0.2, 0) is 0 Å². The van der Waals surface area contributed by atoms with Crippen LogP contribution < -0.4 is 10.9 Å². The number of anilines is 2. The van der Waals surface area contributed by atoms with Gasteiger partial charge in [-0.3, -0.25) is 9.36 Å². The minimum atomic E-state index is -1.10. The zero-order valence-electron chi connectivity index (χ0n) is 13.8. The van der Waals surface area contributed by atoms with E-state index in [1.54, 1.807) is 18.2 Å². The number of carboxylic acid groups (broad SMARTS) is 1. The fourth-order valence-electron chi connectivity index (χ4n) is 2.86. The van der Waals surface area contributed by atoms with E-state index in [1.165, 1.54) is 34.9 Å². The van der Waals surface area contributed by atoms with E-state index in [-0.39, 0.29) is 16.3 Å². The highest BCUT2D eigenvalue weighted by atomic mass is 32.1. The Morgan fingerprint density at radius 2 is 1.70 bits per heavy atom. The minimum Gasteiger partial charge on any atom is -0.477 e. The summed E-state index contributed by atoms with van der Waals surface area (Å²) in [4.78, 5) is 24.9. The first kappa shape index (κ1) is 17.0. The molecule has 0 unspecified atom stereocenters. The number of benzene rings is 2. The van der Waals surface area contributed by atoms with Crippen molar-refractivity contribution in [3.05, 3.63) is 87.8 Å². The predicted molar refractivity (Wildman–Crippen MR) is 104 cm³/mol. The lowest BCUT2D eigenvalue weighted by molar-refractivity contribution is 0.0703. The molecule has 2 heterocycles. The third kappa shape index (κ3) is 3.09. The first-order valence-corrected chi connectivity index (χ1v) is 8.86. The second kappa shape index (κ2) is 6.69. The molecule has 0 fully saturated rings. The van der Waals surface area contributed by atoms with Gasteiger partial charge in [-0.2, -0.15) is 0 Å². The lowest BCUT2D eigenvalue weighted by Gasteiger charge is -2.09. The van der Waals surface area contributed by atoms with Crippen molar-refractivity contribution >= 4 is 38.9 Å². The summed E-state index contributed by atoms with van der Waals surface area (Å²) in [6.07, 6.45) is 0. The molecule has 2 aromatic carbocycles. The molecule has 0 saturated carbocycles. The van der Waals surface area contributed by atoms with Gasteiger partial charge in [0.15, 0.2) is 0 Å². The van der Waals surface area contributed by atoms with Gasteiger partial charge in [0.25, 0.3) is 5.56 Å². The number of aromatic carboxylic acids is 1. The fourth-order valence-corrected chi connectivity index (χ4v) is 3.97. The summed E-state index contributed by atoms with van der Waals surface area (Å²) in [5.74, 6) is -1.49. The topological polar surface area (TPSA) is 71.3 Å². The van der Waals surface area contributed by atoms with E-state index in [0.717, 1.165) is 11.3 Å². The van der Waals surface area contributed by atoms with Crippen LogP contribution >= 0.6 is 11.3 Å². The van der Waals surface area contributed by atoms with Crippen molar-refractivity contribution in [2.75, 3.05) is 5.32 Å². The Bertz CT molecular complexity index is 1200. The first-order chi connectivity index (χ1) is 13.0. The molecule has 27 heavy (non-hydrogen) atoms. The zero-order chi connectivity index (χ0) is 19.0. The third-order valence-corrected chi connectivity index (χ3v) is 5.24. The fraction of sp³-hybridized carbons (Fsp3) is 0. The molecule has 2 aromatic heterocycles. The lowest BCUT2D eigenvalue weighted by atomic mass is 10.2. The lowest BCUT2D eigenvalue weighted by Crippen LogP contribution is -2.16. The molecule has 0 aliphatic heterocycles. The zero-order valence-corrected chi connectivity index (χ0v) is 14.7. The van der Waals surface area contributed by atoms with Crippen LogP contribution in [0.4, 0.5) is 15.8 Å². The van der Waals surface area contributed by atoms with Gasteiger partial charge in [0.05, 0.1) is 11.4 Å². The maximum Gasteiger partial charge on any atom is 0.348 e. The van der Waals surface area contributed by atoms with Crippen molar-refractivity contribution < 1.29 is 14.3 Å². The van der Waals surface area contributed by atoms with Gasteiger partial charge < -0.3 is 10.4 Å². The minimum absolute atomic E-state index is 0.0737. The Morgan fingerprint density at radius 1 is 1.00 bits per heavy atom. The Hall–Kier alpha value is -3.45. The molecule has 0 atom stereocenters. The number of fused-ring (bicyclic) bond motifs is 1. The molecule has 4 aromatic rings. The number of nitrogens with zero attached hydrogens (tertiary/aromatic N) is 1. The van der Waals surface area contributed by atoms with Gasteiger partial charge in [0.2, 0.25) is 0 Å². The van der Waals surface area contributed by atoms with Crippen LogP contribution in [0.5, 0.6) is 0 Å². The molecule has 5 nitrogen and oxygen atoms in total. The molecule has 0 aliphatic carbocycles. The number of carboxylic acids is 1. The van der Waals surface area contributed by atoms with E-state index >= 15 is 0 Å². The number of nitrogens with one attached hydrogen (secondary N) is 1. The van der Waals surface area contributed by atoms with Crippen molar-refractivity contribution in [3.63, 3.8) is 0 Å². The molecule has 7 heteroatoms. The van der Waals surface area contributed by atoms with Gasteiger partial charge in [-0.25, -0.2) is 9.18 Å². The molecule has 0 amide bonds. The molecule has 0 saturated heterocycles. The van der Waals surface area contributed by atoms with Crippen LogP contribution in [0.1, 0.15) is 9.67 Å². The Balaban J connectivity index is 1.96. The van der Waals surface area contributed by atoms with E-state index in [4.69, 9.17) is 0 Å². The molecule has 134 valence electrons. The Labute approximate surface area is 156 Å². The molecular weight excluding hydrogens is 367 g/mol. The molecule has 0 bridgehead atoms. The highest BCUT2D eigenvalue weighted by Crippen LogP contribution is 2.37. The summed E-state index contributed by atoms with van der Waals surface area (Å²) in [7, 11) is 0. The molecular formula is C20H13FN2O3S. The number of pyridine rings is 1. The predicted octanol–water partition coefficient (Wildman–Crippen LogP) is 4.63. The standard InChI is InChI=1S/C20H13FN2O3S/c21-12-6-8-13(9-7-12)22-17-15-10-11-16(24)23(14-4-2-1-3-5-14)19(15)27-18(17)20(25)26/h1-11,22H,(H,25,26). The van der Waals surface area contributed by atoms with Crippen LogP contribution in [-0.4, -0.2) is 15.6 Å². The van der Waals surface area contributed by atoms with Gasteiger partial charge in [-0.1, -0.05) is 18.2 Å². The number of halogens is 1. The molecule has 0 aliphatic rings. The second-order valence-corrected chi connectivity index (χ2v) is 6.80. The average Bonchev–Trinajstić information content (AvgIpc) is 3.03. The normalized spacial score (nSPS) is 10.9. The summed E-state index contributed by atoms with van der Waals surface area (Å²) in [5, 5.41) is 13.3. The quantitative estimate of drug-likeness (QED) is 0.541. The van der Waals surface area contributed by atoms with Crippen molar-refractivity contribution in [2.45, 2.75) is 0 Å².